The van der Waals surface area contributed by atoms with Crippen molar-refractivity contribution in [1.29, 1.82) is 0 Å². The zero-order valence-corrected chi connectivity index (χ0v) is 12.0. The molecule has 18 heavy (non-hydrogen) atoms. The van der Waals surface area contributed by atoms with Crippen LogP contribution in [0.25, 0.3) is 0 Å². The van der Waals surface area contributed by atoms with Crippen LogP contribution < -0.4 is 10.1 Å². The molecule has 2 aliphatic rings. The van der Waals surface area contributed by atoms with Crippen molar-refractivity contribution in [3.8, 4) is 5.75 Å². The lowest BCUT2D eigenvalue weighted by Gasteiger charge is -2.16. The molecule has 1 aliphatic heterocycles. The molecule has 1 aromatic carbocycles. The number of ether oxygens (including phenoxy) is 1. The summed E-state index contributed by atoms with van der Waals surface area (Å²) in [6.07, 6.45) is 6.33. The Kier molecular flexibility index (Phi) is 3.29. The van der Waals surface area contributed by atoms with E-state index < -0.39 is 0 Å². The average Bonchev–Trinajstić information content (AvgIpc) is 3.02. The van der Waals surface area contributed by atoms with Crippen LogP contribution in [0.4, 0.5) is 0 Å². The van der Waals surface area contributed by atoms with Crippen LogP contribution in [0.3, 0.4) is 0 Å². The van der Waals surface area contributed by atoms with Gasteiger partial charge in [0.05, 0.1) is 0 Å². The van der Waals surface area contributed by atoms with Crippen molar-refractivity contribution in [1.82, 2.24) is 5.32 Å². The Bertz CT molecular complexity index is 442. The van der Waals surface area contributed by atoms with E-state index in [9.17, 15) is 0 Å². The number of thioether (sulfide) groups is 1. The molecule has 1 aliphatic carbocycles. The summed E-state index contributed by atoms with van der Waals surface area (Å²) in [5.74, 6) is 1.08. The van der Waals surface area contributed by atoms with Crippen LogP contribution in [0, 0.1) is 6.92 Å². The molecule has 1 fully saturated rings. The summed E-state index contributed by atoms with van der Waals surface area (Å²) in [5, 5.41) is 3.58. The molecule has 0 radical (unpaired) electrons. The van der Waals surface area contributed by atoms with Gasteiger partial charge in [-0.05, 0) is 37.7 Å². The summed E-state index contributed by atoms with van der Waals surface area (Å²) in [5.41, 5.74) is 2.69. The van der Waals surface area contributed by atoms with Gasteiger partial charge in [-0.3, -0.25) is 0 Å². The van der Waals surface area contributed by atoms with Gasteiger partial charge in [0.2, 0.25) is 0 Å². The first-order valence-corrected chi connectivity index (χ1v) is 7.95. The number of hydrogen-bond acceptors (Lipinski definition) is 3. The molecule has 3 rings (SSSR count). The number of aryl methyl sites for hydroxylation is 1. The molecular formula is C15H21NOS. The third kappa shape index (κ3) is 2.52. The molecule has 3 heteroatoms. The maximum absolute atomic E-state index is 5.96. The second-order valence-corrected chi connectivity index (χ2v) is 6.85. The van der Waals surface area contributed by atoms with E-state index in [0.717, 1.165) is 25.3 Å². The molecule has 0 bridgehead atoms. The van der Waals surface area contributed by atoms with Crippen molar-refractivity contribution in [3.05, 3.63) is 29.3 Å². The van der Waals surface area contributed by atoms with Gasteiger partial charge in [-0.2, -0.15) is 11.8 Å². The third-order valence-electron chi connectivity index (χ3n) is 4.02. The lowest BCUT2D eigenvalue weighted by atomic mass is 10.1. The highest BCUT2D eigenvalue weighted by molar-refractivity contribution is 8.00. The molecule has 1 N–H and O–H groups in total. The Morgan fingerprint density at radius 2 is 2.28 bits per heavy atom. The molecule has 0 spiro atoms. The van der Waals surface area contributed by atoms with Gasteiger partial charge in [0, 0.05) is 24.3 Å². The minimum Gasteiger partial charge on any atom is -0.488 e. The molecule has 98 valence electrons. The van der Waals surface area contributed by atoms with E-state index in [4.69, 9.17) is 4.74 Å². The minimum atomic E-state index is 0.319. The van der Waals surface area contributed by atoms with E-state index in [1.165, 1.54) is 24.0 Å². The Morgan fingerprint density at radius 1 is 1.44 bits per heavy atom. The summed E-state index contributed by atoms with van der Waals surface area (Å²) >= 11 is 2.01. The molecule has 1 atom stereocenters. The molecule has 1 saturated carbocycles. The van der Waals surface area contributed by atoms with E-state index >= 15 is 0 Å². The van der Waals surface area contributed by atoms with Gasteiger partial charge in [-0.25, -0.2) is 0 Å². The smallest absolute Gasteiger partial charge is 0.123 e. The van der Waals surface area contributed by atoms with Gasteiger partial charge >= 0.3 is 0 Å². The van der Waals surface area contributed by atoms with Crippen LogP contribution in [0.1, 0.15) is 24.0 Å². The predicted octanol–water partition coefficient (Wildman–Crippen LogP) is 2.78. The molecule has 0 aromatic heterocycles. The summed E-state index contributed by atoms with van der Waals surface area (Å²) in [4.78, 5) is 0. The third-order valence-corrected chi connectivity index (χ3v) is 5.44. The summed E-state index contributed by atoms with van der Waals surface area (Å²) in [6.45, 7) is 4.24. The van der Waals surface area contributed by atoms with Crippen LogP contribution in [-0.4, -0.2) is 30.2 Å². The standard InChI is InChI=1S/C15H21NOS/c1-11-3-4-14-12(7-11)8-13(17-14)9-16-10-15(18-2)5-6-15/h3-4,7,13,16H,5-6,8-10H2,1-2H3. The Labute approximate surface area is 113 Å². The maximum atomic E-state index is 5.96. The monoisotopic (exact) mass is 263 g/mol. The number of hydrogen-bond donors (Lipinski definition) is 1. The highest BCUT2D eigenvalue weighted by atomic mass is 32.2. The van der Waals surface area contributed by atoms with Gasteiger partial charge in [-0.15, -0.1) is 0 Å². The quantitative estimate of drug-likeness (QED) is 0.882. The normalized spacial score (nSPS) is 23.6. The van der Waals surface area contributed by atoms with E-state index in [-0.39, 0.29) is 0 Å². The van der Waals surface area contributed by atoms with E-state index in [0.29, 0.717) is 10.9 Å². The first-order chi connectivity index (χ1) is 8.71. The molecule has 1 unspecified atom stereocenters. The summed E-state index contributed by atoms with van der Waals surface area (Å²) in [6, 6.07) is 6.48. The number of rotatable bonds is 5. The van der Waals surface area contributed by atoms with Crippen molar-refractivity contribution in [2.24, 2.45) is 0 Å². The summed E-state index contributed by atoms with van der Waals surface area (Å²) in [7, 11) is 0. The van der Waals surface area contributed by atoms with Gasteiger partial charge in [-0.1, -0.05) is 17.7 Å². The van der Waals surface area contributed by atoms with Crippen LogP contribution >= 0.6 is 11.8 Å². The first kappa shape index (κ1) is 12.4. The molecule has 2 nitrogen and oxygen atoms in total. The maximum Gasteiger partial charge on any atom is 0.123 e. The van der Waals surface area contributed by atoms with Gasteiger partial charge in [0.15, 0.2) is 0 Å². The van der Waals surface area contributed by atoms with E-state index in [2.05, 4.69) is 36.7 Å². The Morgan fingerprint density at radius 3 is 3.00 bits per heavy atom. The highest BCUT2D eigenvalue weighted by Gasteiger charge is 2.41. The second kappa shape index (κ2) is 4.78. The van der Waals surface area contributed by atoms with E-state index in [1.54, 1.807) is 0 Å². The van der Waals surface area contributed by atoms with Gasteiger partial charge in [0.25, 0.3) is 0 Å². The second-order valence-electron chi connectivity index (χ2n) is 5.57. The Hall–Kier alpha value is -0.670. The SMILES string of the molecule is CSC1(CNCC2Cc3cc(C)ccc3O2)CC1. The van der Waals surface area contributed by atoms with Crippen LogP contribution in [-0.2, 0) is 6.42 Å². The topological polar surface area (TPSA) is 21.3 Å². The lowest BCUT2D eigenvalue weighted by molar-refractivity contribution is 0.228. The number of nitrogens with one attached hydrogen (secondary N) is 1. The van der Waals surface area contributed by atoms with Crippen molar-refractivity contribution in [2.75, 3.05) is 19.3 Å². The van der Waals surface area contributed by atoms with Crippen LogP contribution in [0.2, 0.25) is 0 Å². The molecule has 1 aromatic rings. The van der Waals surface area contributed by atoms with Crippen LogP contribution in [0.15, 0.2) is 18.2 Å². The molecule has 0 saturated heterocycles. The predicted molar refractivity (Wildman–Crippen MR) is 77.6 cm³/mol. The van der Waals surface area contributed by atoms with Crippen molar-refractivity contribution in [3.63, 3.8) is 0 Å². The summed E-state index contributed by atoms with van der Waals surface area (Å²) < 4.78 is 6.51. The van der Waals surface area contributed by atoms with Crippen molar-refractivity contribution in [2.45, 2.75) is 37.0 Å². The van der Waals surface area contributed by atoms with Crippen molar-refractivity contribution < 1.29 is 4.74 Å². The number of fused-ring (bicyclic) bond motifs is 1. The average molecular weight is 263 g/mol. The molecule has 0 amide bonds. The zero-order valence-electron chi connectivity index (χ0n) is 11.2. The van der Waals surface area contributed by atoms with Gasteiger partial charge in [0.1, 0.15) is 11.9 Å². The zero-order chi connectivity index (χ0) is 12.6. The first-order valence-electron chi connectivity index (χ1n) is 6.73. The van der Waals surface area contributed by atoms with Crippen molar-refractivity contribution >= 4 is 11.8 Å². The fourth-order valence-electron chi connectivity index (χ4n) is 2.62. The minimum absolute atomic E-state index is 0.319. The fraction of sp³-hybridized carbons (Fsp3) is 0.600. The highest BCUT2D eigenvalue weighted by Crippen LogP contribution is 2.46. The van der Waals surface area contributed by atoms with E-state index in [1.807, 2.05) is 11.8 Å². The molecular weight excluding hydrogens is 242 g/mol. The number of benzene rings is 1. The van der Waals surface area contributed by atoms with Crippen LogP contribution in [0.5, 0.6) is 5.75 Å². The molecule has 1 heterocycles. The lowest BCUT2D eigenvalue weighted by Crippen LogP contribution is -2.35. The van der Waals surface area contributed by atoms with Gasteiger partial charge < -0.3 is 10.1 Å². The largest absolute Gasteiger partial charge is 0.488 e. The Balaban J connectivity index is 1.49. The fourth-order valence-corrected chi connectivity index (χ4v) is 3.37.